The van der Waals surface area contributed by atoms with Crippen molar-refractivity contribution in [2.24, 2.45) is 0 Å². The summed E-state index contributed by atoms with van der Waals surface area (Å²) in [6, 6.07) is 0. The van der Waals surface area contributed by atoms with E-state index in [2.05, 4.69) is 13.5 Å². The Kier molecular flexibility index (Phi) is 5.60. The Hall–Kier alpha value is -1.31. The average Bonchev–Trinajstić information content (AvgIpc) is 2.11. The van der Waals surface area contributed by atoms with E-state index in [9.17, 15) is 4.79 Å². The zero-order valence-electron chi connectivity index (χ0n) is 8.58. The summed E-state index contributed by atoms with van der Waals surface area (Å²) in [6.07, 6.45) is 8.48. The van der Waals surface area contributed by atoms with Crippen LogP contribution < -0.4 is 0 Å². The molecule has 13 heavy (non-hydrogen) atoms. The molecule has 0 aliphatic heterocycles. The van der Waals surface area contributed by atoms with E-state index in [4.69, 9.17) is 0 Å². The molecule has 0 aliphatic carbocycles. The molecule has 2 nitrogen and oxygen atoms in total. The minimum atomic E-state index is 0.0102. The second kappa shape index (κ2) is 6.23. The van der Waals surface area contributed by atoms with Gasteiger partial charge in [0.25, 0.3) is 0 Å². The highest BCUT2D eigenvalue weighted by Gasteiger charge is 2.03. The molecule has 1 amide bonds. The molecule has 0 N–H and O–H groups in total. The third kappa shape index (κ3) is 4.31. The van der Waals surface area contributed by atoms with Gasteiger partial charge >= 0.3 is 0 Å². The molecule has 72 valence electrons. The molecule has 0 aromatic carbocycles. The molecule has 0 fully saturated rings. The van der Waals surface area contributed by atoms with Crippen LogP contribution in [0.5, 0.6) is 0 Å². The van der Waals surface area contributed by atoms with Crippen LogP contribution in [-0.4, -0.2) is 17.9 Å². The maximum atomic E-state index is 11.0. The summed E-state index contributed by atoms with van der Waals surface area (Å²) in [7, 11) is 1.73. The van der Waals surface area contributed by atoms with E-state index in [-0.39, 0.29) is 5.91 Å². The number of allylic oxidation sites excluding steroid dienone is 4. The molecule has 0 aromatic rings. The summed E-state index contributed by atoms with van der Waals surface area (Å²) >= 11 is 0. The van der Waals surface area contributed by atoms with Gasteiger partial charge < -0.3 is 4.90 Å². The van der Waals surface area contributed by atoms with Gasteiger partial charge in [0.2, 0.25) is 5.91 Å². The zero-order valence-corrected chi connectivity index (χ0v) is 8.58. The van der Waals surface area contributed by atoms with Crippen molar-refractivity contribution < 1.29 is 4.79 Å². The number of hydrogen-bond acceptors (Lipinski definition) is 1. The van der Waals surface area contributed by atoms with Crippen molar-refractivity contribution in [2.75, 3.05) is 7.05 Å². The van der Waals surface area contributed by atoms with E-state index in [1.54, 1.807) is 18.0 Å². The Labute approximate surface area is 80.2 Å². The minimum Gasteiger partial charge on any atom is -0.316 e. The van der Waals surface area contributed by atoms with Gasteiger partial charge in [-0.3, -0.25) is 4.79 Å². The topological polar surface area (TPSA) is 20.3 Å². The van der Waals surface area contributed by atoms with Crippen molar-refractivity contribution >= 4 is 5.91 Å². The van der Waals surface area contributed by atoms with Gasteiger partial charge in [-0.25, -0.2) is 0 Å². The summed E-state index contributed by atoms with van der Waals surface area (Å²) in [4.78, 5) is 12.6. The van der Waals surface area contributed by atoms with Crippen LogP contribution in [0.1, 0.15) is 20.3 Å². The third-order valence-corrected chi connectivity index (χ3v) is 1.71. The van der Waals surface area contributed by atoms with Crippen molar-refractivity contribution in [1.82, 2.24) is 4.90 Å². The first-order valence-corrected chi connectivity index (χ1v) is 4.37. The van der Waals surface area contributed by atoms with E-state index in [0.717, 1.165) is 12.1 Å². The van der Waals surface area contributed by atoms with Gasteiger partial charge in [-0.2, -0.15) is 0 Å². The summed E-state index contributed by atoms with van der Waals surface area (Å²) in [5.74, 6) is 0.0102. The predicted molar refractivity (Wildman–Crippen MR) is 56.2 cm³/mol. The number of likely N-dealkylation sites (N-methyl/N-ethyl adjacent to an activating group) is 1. The highest BCUT2D eigenvalue weighted by atomic mass is 16.2. The van der Waals surface area contributed by atoms with Gasteiger partial charge in [-0.1, -0.05) is 25.7 Å². The molecule has 0 aliphatic rings. The molecular formula is C11H17NO. The van der Waals surface area contributed by atoms with Crippen LogP contribution in [-0.2, 0) is 4.79 Å². The summed E-state index contributed by atoms with van der Waals surface area (Å²) in [5, 5.41) is 0. The second-order valence-corrected chi connectivity index (χ2v) is 2.71. The van der Waals surface area contributed by atoms with E-state index in [1.165, 1.54) is 6.92 Å². The van der Waals surface area contributed by atoms with E-state index in [0.29, 0.717) is 0 Å². The highest BCUT2D eigenvalue weighted by molar-refractivity contribution is 5.75. The van der Waals surface area contributed by atoms with E-state index >= 15 is 0 Å². The van der Waals surface area contributed by atoms with Crippen LogP contribution in [0.25, 0.3) is 0 Å². The minimum absolute atomic E-state index is 0.0102. The standard InChI is InChI=1S/C11H17NO/c1-5-7-8-9-11(6-2)12(4)10(3)13/h6-9H,2,5H2,1,3-4H3/b8-7-,11-9+. The molecule has 0 heterocycles. The molecule has 0 rings (SSSR count). The molecule has 0 saturated carbocycles. The Morgan fingerprint density at radius 2 is 2.15 bits per heavy atom. The number of rotatable bonds is 4. The van der Waals surface area contributed by atoms with Gasteiger partial charge in [0, 0.05) is 19.7 Å². The predicted octanol–water partition coefficient (Wildman–Crippen LogP) is 2.50. The van der Waals surface area contributed by atoms with Crippen LogP contribution in [0, 0.1) is 0 Å². The van der Waals surface area contributed by atoms with Gasteiger partial charge in [0.15, 0.2) is 0 Å². The monoisotopic (exact) mass is 179 g/mol. The molecule has 0 atom stereocenters. The number of hydrogen-bond donors (Lipinski definition) is 0. The Morgan fingerprint density at radius 1 is 1.54 bits per heavy atom. The fourth-order valence-electron chi connectivity index (χ4n) is 0.801. The van der Waals surface area contributed by atoms with E-state index < -0.39 is 0 Å². The largest absolute Gasteiger partial charge is 0.316 e. The van der Waals surface area contributed by atoms with Crippen LogP contribution in [0.15, 0.2) is 36.6 Å². The van der Waals surface area contributed by atoms with Crippen molar-refractivity contribution in [3.8, 4) is 0 Å². The van der Waals surface area contributed by atoms with Gasteiger partial charge in [-0.15, -0.1) is 0 Å². The Bertz CT molecular complexity index is 238. The lowest BCUT2D eigenvalue weighted by molar-refractivity contribution is -0.125. The number of carbonyl (C=O) groups is 1. The molecule has 0 unspecified atom stereocenters. The maximum Gasteiger partial charge on any atom is 0.223 e. The maximum absolute atomic E-state index is 11.0. The quantitative estimate of drug-likeness (QED) is 0.607. The Morgan fingerprint density at radius 3 is 2.54 bits per heavy atom. The van der Waals surface area contributed by atoms with Crippen LogP contribution in [0.2, 0.25) is 0 Å². The summed E-state index contributed by atoms with van der Waals surface area (Å²) in [6.45, 7) is 7.24. The fourth-order valence-corrected chi connectivity index (χ4v) is 0.801. The molecule has 0 saturated heterocycles. The van der Waals surface area contributed by atoms with Crippen LogP contribution in [0.3, 0.4) is 0 Å². The fraction of sp³-hybridized carbons (Fsp3) is 0.364. The first-order valence-electron chi connectivity index (χ1n) is 4.37. The van der Waals surface area contributed by atoms with Crippen LogP contribution in [0.4, 0.5) is 0 Å². The smallest absolute Gasteiger partial charge is 0.223 e. The lowest BCUT2D eigenvalue weighted by Gasteiger charge is -2.14. The number of nitrogens with zero attached hydrogens (tertiary/aromatic N) is 1. The third-order valence-electron chi connectivity index (χ3n) is 1.71. The van der Waals surface area contributed by atoms with Gasteiger partial charge in [-0.05, 0) is 18.6 Å². The molecule has 0 bridgehead atoms. The van der Waals surface area contributed by atoms with Crippen molar-refractivity contribution in [1.29, 1.82) is 0 Å². The highest BCUT2D eigenvalue weighted by Crippen LogP contribution is 2.03. The Balaban J connectivity index is 4.49. The van der Waals surface area contributed by atoms with Crippen LogP contribution >= 0.6 is 0 Å². The van der Waals surface area contributed by atoms with Crippen molar-refractivity contribution in [2.45, 2.75) is 20.3 Å². The van der Waals surface area contributed by atoms with Gasteiger partial charge in [0.05, 0.1) is 0 Å². The summed E-state index contributed by atoms with van der Waals surface area (Å²) in [5.41, 5.74) is 0.817. The molecule has 0 aromatic heterocycles. The molecule has 0 radical (unpaired) electrons. The lowest BCUT2D eigenvalue weighted by Crippen LogP contribution is -2.21. The average molecular weight is 179 g/mol. The normalized spacial score (nSPS) is 11.8. The summed E-state index contributed by atoms with van der Waals surface area (Å²) < 4.78 is 0. The van der Waals surface area contributed by atoms with Crippen molar-refractivity contribution in [3.63, 3.8) is 0 Å². The zero-order chi connectivity index (χ0) is 10.3. The molecule has 2 heteroatoms. The molecule has 0 spiro atoms. The van der Waals surface area contributed by atoms with Gasteiger partial charge in [0.1, 0.15) is 0 Å². The number of carbonyl (C=O) groups excluding carboxylic acids is 1. The first kappa shape index (κ1) is 11.7. The first-order chi connectivity index (χ1) is 6.13. The molecular weight excluding hydrogens is 162 g/mol. The second-order valence-electron chi connectivity index (χ2n) is 2.71. The van der Waals surface area contributed by atoms with Crippen molar-refractivity contribution in [3.05, 3.63) is 36.6 Å². The van der Waals surface area contributed by atoms with E-state index in [1.807, 2.05) is 18.2 Å². The number of amides is 1. The lowest BCUT2D eigenvalue weighted by atomic mass is 10.3. The SMILES string of the molecule is C=C/C(=C\C=C/CC)N(C)C(C)=O.